The summed E-state index contributed by atoms with van der Waals surface area (Å²) in [5, 5.41) is 6.94. The number of likely N-dealkylation sites (tertiary alicyclic amines) is 1. The zero-order valence-electron chi connectivity index (χ0n) is 19.1. The lowest BCUT2D eigenvalue weighted by atomic mass is 10.00. The molecule has 1 saturated heterocycles. The van der Waals surface area contributed by atoms with Crippen LogP contribution in [0.15, 0.2) is 57.7 Å². The number of carbonyl (C=O) groups is 2. The lowest BCUT2D eigenvalue weighted by molar-refractivity contribution is -0.137. The fourth-order valence-corrected chi connectivity index (χ4v) is 4.50. The Kier molecular flexibility index (Phi) is 5.99. The molecule has 1 aliphatic heterocycles. The van der Waals surface area contributed by atoms with E-state index >= 15 is 0 Å². The lowest BCUT2D eigenvalue weighted by Gasteiger charge is -2.24. The number of aromatic nitrogens is 2. The molecule has 186 valence electrons. The van der Waals surface area contributed by atoms with Crippen molar-refractivity contribution in [1.82, 2.24) is 20.4 Å². The number of aryl methyl sites for hydroxylation is 1. The second-order valence-electron chi connectivity index (χ2n) is 8.50. The Morgan fingerprint density at radius 1 is 1.19 bits per heavy atom. The Bertz CT molecular complexity index is 1430. The number of hydrogen-bond acceptors (Lipinski definition) is 6. The number of nitrogens with one attached hydrogen (secondary N) is 1. The van der Waals surface area contributed by atoms with Gasteiger partial charge in [0.15, 0.2) is 0 Å². The van der Waals surface area contributed by atoms with Gasteiger partial charge >= 0.3 is 6.18 Å². The first-order valence-electron chi connectivity index (χ1n) is 11.3. The van der Waals surface area contributed by atoms with Gasteiger partial charge in [-0.25, -0.2) is 4.98 Å². The number of fused-ring (bicyclic) bond motifs is 1. The smallest absolute Gasteiger partial charge is 0.417 e. The molecule has 1 unspecified atom stereocenters. The van der Waals surface area contributed by atoms with Gasteiger partial charge in [0.2, 0.25) is 5.91 Å². The van der Waals surface area contributed by atoms with Crippen molar-refractivity contribution in [2.75, 3.05) is 6.54 Å². The number of hydrogen-bond donors (Lipinski definition) is 1. The standard InChI is InChI=1S/C25H21F3N4O4/c1-14-21-17(24(34)32-10-4-9-20(32)22(33)29-13-15-6-5-11-35-15)12-19(30-23(21)36-31-14)16-7-2-3-8-18(16)25(26,27)28/h2-3,5-8,11-12,20H,4,9-10,13H2,1H3,(H,29,33). The summed E-state index contributed by atoms with van der Waals surface area (Å²) in [4.78, 5) is 32.3. The van der Waals surface area contributed by atoms with Crippen molar-refractivity contribution in [3.63, 3.8) is 0 Å². The zero-order valence-corrected chi connectivity index (χ0v) is 19.1. The van der Waals surface area contributed by atoms with Crippen LogP contribution in [0.1, 0.15) is 40.2 Å². The Hall–Kier alpha value is -4.15. The average Bonchev–Trinajstić information content (AvgIpc) is 3.63. The molecule has 0 aliphatic carbocycles. The number of carbonyl (C=O) groups excluding carboxylic acids is 2. The highest BCUT2D eigenvalue weighted by atomic mass is 19.4. The summed E-state index contributed by atoms with van der Waals surface area (Å²) in [5.74, 6) is -0.273. The third-order valence-corrected chi connectivity index (χ3v) is 6.19. The maximum atomic E-state index is 13.7. The van der Waals surface area contributed by atoms with Gasteiger partial charge in [0.1, 0.15) is 11.8 Å². The van der Waals surface area contributed by atoms with E-state index < -0.39 is 23.7 Å². The van der Waals surface area contributed by atoms with Crippen molar-refractivity contribution in [3.05, 3.63) is 71.3 Å². The third-order valence-electron chi connectivity index (χ3n) is 6.19. The first-order chi connectivity index (χ1) is 17.2. The van der Waals surface area contributed by atoms with Gasteiger partial charge in [0.25, 0.3) is 11.6 Å². The SMILES string of the molecule is Cc1noc2nc(-c3ccccc3C(F)(F)F)cc(C(=O)N3CCCC3C(=O)NCc3ccco3)c12. The number of nitrogens with zero attached hydrogens (tertiary/aromatic N) is 3. The van der Waals surface area contributed by atoms with Gasteiger partial charge in [-0.2, -0.15) is 13.2 Å². The van der Waals surface area contributed by atoms with Gasteiger partial charge in [-0.1, -0.05) is 23.4 Å². The summed E-state index contributed by atoms with van der Waals surface area (Å²) in [6.45, 7) is 2.11. The van der Waals surface area contributed by atoms with Crippen molar-refractivity contribution in [1.29, 1.82) is 0 Å². The van der Waals surface area contributed by atoms with E-state index in [2.05, 4.69) is 15.5 Å². The summed E-state index contributed by atoms with van der Waals surface area (Å²) < 4.78 is 51.5. The van der Waals surface area contributed by atoms with Gasteiger partial charge < -0.3 is 19.2 Å². The molecule has 1 fully saturated rings. The molecule has 36 heavy (non-hydrogen) atoms. The molecule has 0 spiro atoms. The number of amides is 2. The molecule has 8 nitrogen and oxygen atoms in total. The van der Waals surface area contributed by atoms with Crippen LogP contribution in [0, 0.1) is 6.92 Å². The lowest BCUT2D eigenvalue weighted by Crippen LogP contribution is -2.45. The first-order valence-corrected chi connectivity index (χ1v) is 11.3. The molecule has 1 aromatic carbocycles. The molecular weight excluding hydrogens is 477 g/mol. The Labute approximate surface area is 203 Å². The topological polar surface area (TPSA) is 101 Å². The number of benzene rings is 1. The Balaban J connectivity index is 1.52. The number of halogens is 3. The second kappa shape index (κ2) is 9.14. The highest BCUT2D eigenvalue weighted by molar-refractivity contribution is 6.08. The van der Waals surface area contributed by atoms with E-state index in [0.29, 0.717) is 36.2 Å². The van der Waals surface area contributed by atoms with Gasteiger partial charge in [-0.15, -0.1) is 0 Å². The van der Waals surface area contributed by atoms with Crippen LogP contribution in [-0.2, 0) is 17.5 Å². The van der Waals surface area contributed by atoms with Crippen LogP contribution in [0.25, 0.3) is 22.4 Å². The van der Waals surface area contributed by atoms with Crippen LogP contribution in [0.2, 0.25) is 0 Å². The number of furan rings is 1. The average molecular weight is 498 g/mol. The molecule has 4 aromatic rings. The van der Waals surface area contributed by atoms with Crippen LogP contribution in [0.4, 0.5) is 13.2 Å². The molecule has 4 heterocycles. The quantitative estimate of drug-likeness (QED) is 0.427. The van der Waals surface area contributed by atoms with E-state index in [1.54, 1.807) is 19.1 Å². The zero-order chi connectivity index (χ0) is 25.4. The van der Waals surface area contributed by atoms with Crippen LogP contribution in [0.5, 0.6) is 0 Å². The summed E-state index contributed by atoms with van der Waals surface area (Å²) in [7, 11) is 0. The maximum absolute atomic E-state index is 13.7. The van der Waals surface area contributed by atoms with Crippen molar-refractivity contribution < 1.29 is 31.7 Å². The van der Waals surface area contributed by atoms with Crippen LogP contribution in [0.3, 0.4) is 0 Å². The molecule has 3 aromatic heterocycles. The Morgan fingerprint density at radius 2 is 2.00 bits per heavy atom. The molecule has 1 N–H and O–H groups in total. The minimum atomic E-state index is -4.62. The van der Waals surface area contributed by atoms with Crippen molar-refractivity contribution >= 4 is 22.9 Å². The molecule has 1 atom stereocenters. The number of rotatable bonds is 5. The van der Waals surface area contributed by atoms with E-state index in [1.807, 2.05) is 0 Å². The van der Waals surface area contributed by atoms with E-state index in [-0.39, 0.29) is 35.0 Å². The molecule has 11 heteroatoms. The molecule has 0 radical (unpaired) electrons. The second-order valence-corrected chi connectivity index (χ2v) is 8.50. The van der Waals surface area contributed by atoms with Crippen LogP contribution in [-0.4, -0.2) is 39.4 Å². The Morgan fingerprint density at radius 3 is 2.75 bits per heavy atom. The van der Waals surface area contributed by atoms with Gasteiger partial charge in [-0.05, 0) is 44.0 Å². The fourth-order valence-electron chi connectivity index (χ4n) is 4.50. The molecular formula is C25H21F3N4O4. The highest BCUT2D eigenvalue weighted by Crippen LogP contribution is 2.38. The molecule has 0 bridgehead atoms. The monoisotopic (exact) mass is 498 g/mol. The number of alkyl halides is 3. The molecule has 5 rings (SSSR count). The van der Waals surface area contributed by atoms with E-state index in [0.717, 1.165) is 6.07 Å². The van der Waals surface area contributed by atoms with E-state index in [1.165, 1.54) is 35.4 Å². The van der Waals surface area contributed by atoms with Gasteiger partial charge in [0, 0.05) is 12.1 Å². The minimum absolute atomic E-state index is 0.0525. The van der Waals surface area contributed by atoms with Crippen molar-refractivity contribution in [2.45, 2.75) is 38.5 Å². The minimum Gasteiger partial charge on any atom is -0.467 e. The summed E-state index contributed by atoms with van der Waals surface area (Å²) >= 11 is 0. The molecule has 1 aliphatic rings. The van der Waals surface area contributed by atoms with Gasteiger partial charge in [0.05, 0.1) is 40.7 Å². The third kappa shape index (κ3) is 4.32. The first kappa shape index (κ1) is 23.6. The summed E-state index contributed by atoms with van der Waals surface area (Å²) in [5.41, 5.74) is -0.755. The fraction of sp³-hybridized carbons (Fsp3) is 0.280. The highest BCUT2D eigenvalue weighted by Gasteiger charge is 2.37. The maximum Gasteiger partial charge on any atom is 0.417 e. The van der Waals surface area contributed by atoms with Crippen LogP contribution < -0.4 is 5.32 Å². The van der Waals surface area contributed by atoms with Gasteiger partial charge in [-0.3, -0.25) is 9.59 Å². The summed E-state index contributed by atoms with van der Waals surface area (Å²) in [6, 6.07) is 8.99. The predicted molar refractivity (Wildman–Crippen MR) is 122 cm³/mol. The molecule has 0 saturated carbocycles. The van der Waals surface area contributed by atoms with E-state index in [4.69, 9.17) is 8.94 Å². The normalized spacial score (nSPS) is 16.0. The predicted octanol–water partition coefficient (Wildman–Crippen LogP) is 4.73. The van der Waals surface area contributed by atoms with E-state index in [9.17, 15) is 22.8 Å². The molecule has 2 amide bonds. The summed E-state index contributed by atoms with van der Waals surface area (Å²) in [6.07, 6.45) is -2.07. The van der Waals surface area contributed by atoms with Crippen molar-refractivity contribution in [3.8, 4) is 11.3 Å². The largest absolute Gasteiger partial charge is 0.467 e. The van der Waals surface area contributed by atoms with Crippen LogP contribution >= 0.6 is 0 Å². The number of pyridine rings is 1. The van der Waals surface area contributed by atoms with Crippen molar-refractivity contribution in [2.24, 2.45) is 0 Å².